The number of ether oxygens (including phenoxy) is 1. The minimum Gasteiger partial charge on any atom is -0.387 e. The Hall–Kier alpha value is -1.03. The Morgan fingerprint density at radius 2 is 1.60 bits per heavy atom. The second-order valence-corrected chi connectivity index (χ2v) is 12.4. The van der Waals surface area contributed by atoms with Gasteiger partial charge < -0.3 is 29.6 Å². The van der Waals surface area contributed by atoms with Gasteiger partial charge in [-0.1, -0.05) is 19.3 Å². The molecule has 20 heteroatoms. The minimum atomic E-state index is -5.67. The Morgan fingerprint density at radius 1 is 0.971 bits per heavy atom. The number of rotatable bonds is 10. The van der Waals surface area contributed by atoms with Gasteiger partial charge in [-0.05, 0) is 12.8 Å². The molecule has 0 spiro atoms. The molecule has 1 saturated heterocycles. The van der Waals surface area contributed by atoms with E-state index in [1.165, 1.54) is 0 Å². The normalized spacial score (nSPS) is 30.9. The highest BCUT2D eigenvalue weighted by Crippen LogP contribution is 2.68. The third kappa shape index (κ3) is 7.98. The maximum atomic E-state index is 12.1. The average molecular weight is 566 g/mol. The minimum absolute atomic E-state index is 0.411. The van der Waals surface area contributed by atoms with Crippen molar-refractivity contribution in [3.8, 4) is 0 Å². The van der Waals surface area contributed by atoms with Gasteiger partial charge >= 0.3 is 29.2 Å². The third-order valence-electron chi connectivity index (χ3n) is 5.11. The zero-order chi connectivity index (χ0) is 26.0. The maximum absolute atomic E-state index is 12.1. The lowest BCUT2D eigenvalue weighted by molar-refractivity contribution is -0.0542. The fourth-order valence-electron chi connectivity index (χ4n) is 3.57. The molecule has 1 aromatic rings. The first-order valence-electron chi connectivity index (χ1n) is 10.3. The number of nitrogens with one attached hydrogen (secondary N) is 1. The van der Waals surface area contributed by atoms with Crippen molar-refractivity contribution in [2.24, 2.45) is 0 Å². The number of aliphatic hydroxyl groups is 2. The second-order valence-electron chi connectivity index (χ2n) is 7.79. The van der Waals surface area contributed by atoms with Crippen LogP contribution in [0.1, 0.15) is 38.3 Å². The number of aliphatic hydroxyl groups excluding tert-OH is 2. The molecule has 0 bridgehead atoms. The van der Waals surface area contributed by atoms with Gasteiger partial charge in [0, 0.05) is 12.3 Å². The zero-order valence-corrected chi connectivity index (χ0v) is 20.6. The fourth-order valence-corrected chi connectivity index (χ4v) is 7.31. The predicted molar refractivity (Wildman–Crippen MR) is 113 cm³/mol. The van der Waals surface area contributed by atoms with Crippen molar-refractivity contribution in [2.75, 3.05) is 6.61 Å². The van der Waals surface area contributed by atoms with Crippen LogP contribution in [0.15, 0.2) is 21.9 Å². The number of hydrogen-bond acceptors (Lipinski definition) is 12. The molecule has 3 unspecified atom stereocenters. The van der Waals surface area contributed by atoms with Crippen molar-refractivity contribution < 1.29 is 61.0 Å². The average Bonchev–Trinajstić information content (AvgIpc) is 2.99. The van der Waals surface area contributed by atoms with E-state index in [4.69, 9.17) is 9.26 Å². The maximum Gasteiger partial charge on any atom is 0.490 e. The van der Waals surface area contributed by atoms with Gasteiger partial charge in [0.1, 0.15) is 18.3 Å². The summed E-state index contributed by atoms with van der Waals surface area (Å²) in [5.74, 6) is 0. The van der Waals surface area contributed by atoms with Crippen molar-refractivity contribution >= 4 is 23.5 Å². The molecule has 3 rings (SSSR count). The van der Waals surface area contributed by atoms with E-state index in [2.05, 4.69) is 13.1 Å². The summed E-state index contributed by atoms with van der Waals surface area (Å²) in [6, 6.07) is 0.945. The van der Waals surface area contributed by atoms with Crippen LogP contribution in [-0.2, 0) is 36.1 Å². The highest BCUT2D eigenvalue weighted by Gasteiger charge is 2.47. The molecular weight excluding hydrogens is 541 g/mol. The van der Waals surface area contributed by atoms with Crippen LogP contribution < -0.4 is 11.2 Å². The molecule has 17 nitrogen and oxygen atoms in total. The topological polar surface area (TPSA) is 253 Å². The summed E-state index contributed by atoms with van der Waals surface area (Å²) >= 11 is 0. The number of phosphoric ester groups is 2. The summed E-state index contributed by atoms with van der Waals surface area (Å²) in [5, 5.41) is 20.2. The second kappa shape index (κ2) is 11.2. The Bertz CT molecular complexity index is 1150. The fraction of sp³-hybridized carbons (Fsp3) is 0.733. The van der Waals surface area contributed by atoms with E-state index in [9.17, 15) is 48.2 Å². The number of H-pyrrole nitrogens is 1. The third-order valence-corrected chi connectivity index (χ3v) is 9.45. The smallest absolute Gasteiger partial charge is 0.387 e. The molecule has 2 heterocycles. The van der Waals surface area contributed by atoms with E-state index in [1.807, 2.05) is 4.98 Å². The van der Waals surface area contributed by atoms with Gasteiger partial charge in [0.15, 0.2) is 6.23 Å². The van der Waals surface area contributed by atoms with Crippen LogP contribution in [0.2, 0.25) is 0 Å². The first-order valence-corrected chi connectivity index (χ1v) is 14.7. The molecule has 1 aliphatic heterocycles. The number of hydrogen-bond donors (Lipinski definition) is 6. The highest BCUT2D eigenvalue weighted by molar-refractivity contribution is 7.66. The molecule has 0 aromatic carbocycles. The van der Waals surface area contributed by atoms with E-state index >= 15 is 0 Å². The Kier molecular flexibility index (Phi) is 9.09. The van der Waals surface area contributed by atoms with Crippen molar-refractivity contribution in [3.05, 3.63) is 33.1 Å². The Labute approximate surface area is 197 Å². The van der Waals surface area contributed by atoms with Crippen LogP contribution >= 0.6 is 23.5 Å². The summed E-state index contributed by atoms with van der Waals surface area (Å²) in [4.78, 5) is 54.0. The molecule has 7 atom stereocenters. The first-order chi connectivity index (χ1) is 16.2. The largest absolute Gasteiger partial charge is 0.490 e. The number of nitrogens with zero attached hydrogens (tertiary/aromatic N) is 1. The molecule has 0 amide bonds. The van der Waals surface area contributed by atoms with E-state index in [-0.39, 0.29) is 0 Å². The molecule has 35 heavy (non-hydrogen) atoms. The van der Waals surface area contributed by atoms with Crippen molar-refractivity contribution in [3.63, 3.8) is 0 Å². The molecule has 6 N–H and O–H groups in total. The highest BCUT2D eigenvalue weighted by atomic mass is 31.3. The van der Waals surface area contributed by atoms with Gasteiger partial charge in [0.2, 0.25) is 0 Å². The van der Waals surface area contributed by atoms with Crippen LogP contribution in [0.4, 0.5) is 0 Å². The monoisotopic (exact) mass is 566 g/mol. The standard InChI is InChI=1S/C15H25N2O15P3/c18-11-6-7-17(15(21)16-11)14-13(20)12(19)10(29-14)8-28-33(22,23)31-35(26,27)32-34(24,25)30-9-4-2-1-3-5-9/h6-7,9-10,12-14,19-20H,1-5,8H2,(H,22,23)(H,24,25)(H,26,27)(H,16,18,21)/t10-,12-,13-,14-/m1/s1. The number of aromatic amines is 1. The van der Waals surface area contributed by atoms with Gasteiger partial charge in [-0.15, -0.1) is 0 Å². The molecule has 1 aromatic heterocycles. The summed E-state index contributed by atoms with van der Waals surface area (Å²) in [6.07, 6.45) is -3.18. The Morgan fingerprint density at radius 3 is 2.23 bits per heavy atom. The number of phosphoric acid groups is 3. The molecular formula is C15H25N2O15P3. The first kappa shape index (κ1) is 28.5. The molecule has 2 fully saturated rings. The van der Waals surface area contributed by atoms with Crippen LogP contribution in [0, 0.1) is 0 Å². The van der Waals surface area contributed by atoms with E-state index in [0.717, 1.165) is 23.3 Å². The molecule has 1 aliphatic carbocycles. The van der Waals surface area contributed by atoms with E-state index in [0.29, 0.717) is 25.7 Å². The predicted octanol–water partition coefficient (Wildman–Crippen LogP) is -0.144. The SMILES string of the molecule is O=c1ccn([C@@H]2O[C@H](COP(=O)(O)OP(=O)(O)OP(=O)(O)OC3CCCCC3)[C@@H](O)[C@H]2O)c(=O)[nH]1. The van der Waals surface area contributed by atoms with Gasteiger partial charge in [-0.2, -0.15) is 8.62 Å². The van der Waals surface area contributed by atoms with Crippen LogP contribution in [0.3, 0.4) is 0 Å². The summed E-state index contributed by atoms with van der Waals surface area (Å²) in [7, 11) is -16.3. The van der Waals surface area contributed by atoms with Gasteiger partial charge in [0.25, 0.3) is 5.56 Å². The van der Waals surface area contributed by atoms with Crippen molar-refractivity contribution in [1.29, 1.82) is 0 Å². The van der Waals surface area contributed by atoms with Crippen LogP contribution in [0.5, 0.6) is 0 Å². The quantitative estimate of drug-likeness (QED) is 0.201. The summed E-state index contributed by atoms with van der Waals surface area (Å²) in [6.45, 7) is -1.00. The molecule has 0 radical (unpaired) electrons. The van der Waals surface area contributed by atoms with Crippen molar-refractivity contribution in [2.45, 2.75) is 62.7 Å². The van der Waals surface area contributed by atoms with Gasteiger partial charge in [0.05, 0.1) is 12.7 Å². The van der Waals surface area contributed by atoms with Crippen LogP contribution in [-0.4, -0.2) is 65.5 Å². The van der Waals surface area contributed by atoms with Gasteiger partial charge in [-0.25, -0.2) is 18.5 Å². The lowest BCUT2D eigenvalue weighted by Gasteiger charge is -2.25. The van der Waals surface area contributed by atoms with Gasteiger partial charge in [-0.3, -0.25) is 23.4 Å². The molecule has 2 aliphatic rings. The molecule has 1 saturated carbocycles. The Balaban J connectivity index is 1.57. The molecule has 200 valence electrons. The lowest BCUT2D eigenvalue weighted by Crippen LogP contribution is -2.37. The van der Waals surface area contributed by atoms with E-state index < -0.39 is 72.0 Å². The number of aromatic nitrogens is 2. The van der Waals surface area contributed by atoms with Crippen molar-refractivity contribution in [1.82, 2.24) is 9.55 Å². The lowest BCUT2D eigenvalue weighted by atomic mass is 9.98. The van der Waals surface area contributed by atoms with E-state index in [1.54, 1.807) is 0 Å². The summed E-state index contributed by atoms with van der Waals surface area (Å²) in [5.41, 5.74) is -1.71. The van der Waals surface area contributed by atoms with Crippen LogP contribution in [0.25, 0.3) is 0 Å². The summed E-state index contributed by atoms with van der Waals surface area (Å²) < 4.78 is 59.4. The zero-order valence-electron chi connectivity index (χ0n) is 17.9.